The Bertz CT molecular complexity index is 625. The molecule has 0 saturated heterocycles. The molecule has 116 valence electrons. The zero-order valence-electron chi connectivity index (χ0n) is 11.2. The van der Waals surface area contributed by atoms with E-state index in [1.54, 1.807) is 0 Å². The maximum absolute atomic E-state index is 12.2. The molecule has 0 heterocycles. The van der Waals surface area contributed by atoms with E-state index in [1.165, 1.54) is 18.2 Å². The highest BCUT2D eigenvalue weighted by atomic mass is 35.5. The summed E-state index contributed by atoms with van der Waals surface area (Å²) in [5, 5.41) is 10.4. The van der Waals surface area contributed by atoms with Crippen molar-refractivity contribution in [1.82, 2.24) is 4.72 Å². The Hall–Kier alpha value is -1.31. The van der Waals surface area contributed by atoms with Crippen LogP contribution in [0.1, 0.15) is 25.7 Å². The number of carboxylic acid groups (broad SMARTS) is 1. The Balaban J connectivity index is 2.12. The van der Waals surface area contributed by atoms with Crippen LogP contribution in [0, 0.1) is 0 Å². The van der Waals surface area contributed by atoms with Gasteiger partial charge in [0.15, 0.2) is 0 Å². The third kappa shape index (κ3) is 4.33. The van der Waals surface area contributed by atoms with E-state index < -0.39 is 22.6 Å². The molecule has 1 aliphatic carbocycles. The predicted molar refractivity (Wildman–Crippen MR) is 74.5 cm³/mol. The monoisotopic (exact) mass is 332 g/mol. The van der Waals surface area contributed by atoms with Gasteiger partial charge in [-0.3, -0.25) is 0 Å². The minimum Gasteiger partial charge on any atom is -0.546 e. The van der Waals surface area contributed by atoms with Crippen molar-refractivity contribution in [2.24, 2.45) is 0 Å². The first-order chi connectivity index (χ1) is 9.88. The molecule has 0 unspecified atom stereocenters. The van der Waals surface area contributed by atoms with Gasteiger partial charge in [-0.2, -0.15) is 0 Å². The van der Waals surface area contributed by atoms with E-state index in [0.717, 1.165) is 25.7 Å². The van der Waals surface area contributed by atoms with E-state index in [4.69, 9.17) is 16.3 Å². The first-order valence-corrected chi connectivity index (χ1v) is 8.39. The Morgan fingerprint density at radius 1 is 1.38 bits per heavy atom. The minimum absolute atomic E-state index is 0.0280. The van der Waals surface area contributed by atoms with Crippen LogP contribution in [-0.2, 0) is 14.8 Å². The molecule has 0 radical (unpaired) electrons. The molecular formula is C13H15ClNO5S-. The Labute approximate surface area is 128 Å². The number of carboxylic acids is 1. The van der Waals surface area contributed by atoms with Crippen molar-refractivity contribution < 1.29 is 23.1 Å². The van der Waals surface area contributed by atoms with Crippen molar-refractivity contribution in [2.45, 2.75) is 36.6 Å². The predicted octanol–water partition coefficient (Wildman–Crippen LogP) is 0.690. The summed E-state index contributed by atoms with van der Waals surface area (Å²) in [6.45, 7) is -0.647. The normalized spacial score (nSPS) is 16.0. The number of rotatable bonds is 6. The van der Waals surface area contributed by atoms with E-state index in [1.807, 2.05) is 0 Å². The molecule has 0 aliphatic heterocycles. The molecule has 0 bridgehead atoms. The fourth-order valence-electron chi connectivity index (χ4n) is 2.23. The Morgan fingerprint density at radius 2 is 2.05 bits per heavy atom. The summed E-state index contributed by atoms with van der Waals surface area (Å²) in [6, 6.07) is 3.86. The number of benzene rings is 1. The minimum atomic E-state index is -3.63. The van der Waals surface area contributed by atoms with Gasteiger partial charge in [0.1, 0.15) is 12.4 Å². The number of aliphatic carboxylic acids is 1. The number of hydrogen-bond donors (Lipinski definition) is 1. The first kappa shape index (κ1) is 16.1. The molecule has 1 fully saturated rings. The van der Waals surface area contributed by atoms with Gasteiger partial charge in [-0.05, 0) is 31.0 Å². The van der Waals surface area contributed by atoms with Crippen molar-refractivity contribution in [3.63, 3.8) is 0 Å². The number of halogens is 1. The number of carbonyl (C=O) groups excluding carboxylic acids is 1. The van der Waals surface area contributed by atoms with Gasteiger partial charge in [0.25, 0.3) is 0 Å². The van der Waals surface area contributed by atoms with Crippen LogP contribution in [0.3, 0.4) is 0 Å². The van der Waals surface area contributed by atoms with Crippen LogP contribution in [0.5, 0.6) is 5.75 Å². The number of ether oxygens (including phenoxy) is 1. The molecule has 1 aromatic rings. The second-order valence-corrected chi connectivity index (χ2v) is 6.98. The summed E-state index contributed by atoms with van der Waals surface area (Å²) in [7, 11) is -3.63. The maximum atomic E-state index is 12.2. The quantitative estimate of drug-likeness (QED) is 0.827. The van der Waals surface area contributed by atoms with Gasteiger partial charge < -0.3 is 14.6 Å². The molecule has 1 N–H and O–H groups in total. The zero-order chi connectivity index (χ0) is 15.5. The molecule has 21 heavy (non-hydrogen) atoms. The third-order valence-electron chi connectivity index (χ3n) is 3.24. The van der Waals surface area contributed by atoms with Crippen LogP contribution in [0.4, 0.5) is 0 Å². The van der Waals surface area contributed by atoms with Gasteiger partial charge in [-0.25, -0.2) is 13.1 Å². The lowest BCUT2D eigenvalue weighted by molar-refractivity contribution is -0.307. The highest BCUT2D eigenvalue weighted by Gasteiger charge is 2.23. The summed E-state index contributed by atoms with van der Waals surface area (Å²) in [6.07, 6.45) is 3.70. The van der Waals surface area contributed by atoms with Crippen molar-refractivity contribution in [3.8, 4) is 5.75 Å². The first-order valence-electron chi connectivity index (χ1n) is 6.53. The summed E-state index contributed by atoms with van der Waals surface area (Å²) in [5.41, 5.74) is 0. The molecule has 0 spiro atoms. The van der Waals surface area contributed by atoms with Crippen molar-refractivity contribution >= 4 is 27.6 Å². The highest BCUT2D eigenvalue weighted by Crippen LogP contribution is 2.28. The third-order valence-corrected chi connectivity index (χ3v) is 5.05. The molecule has 1 saturated carbocycles. The SMILES string of the molecule is O=C([O-])COc1ccc(S(=O)(=O)NC2CCCC2)cc1Cl. The van der Waals surface area contributed by atoms with Crippen LogP contribution in [0.25, 0.3) is 0 Å². The summed E-state index contributed by atoms with van der Waals surface area (Å²) in [5.74, 6) is -1.29. The van der Waals surface area contributed by atoms with Crippen LogP contribution < -0.4 is 14.6 Å². The standard InChI is InChI=1S/C13H16ClNO5S/c14-11-7-10(5-6-12(11)20-8-13(16)17)21(18,19)15-9-3-1-2-4-9/h5-7,9,15H,1-4,8H2,(H,16,17)/p-1. The largest absolute Gasteiger partial charge is 0.546 e. The topological polar surface area (TPSA) is 95.5 Å². The van der Waals surface area contributed by atoms with Crippen LogP contribution >= 0.6 is 11.6 Å². The lowest BCUT2D eigenvalue weighted by Crippen LogP contribution is -2.32. The van der Waals surface area contributed by atoms with E-state index in [2.05, 4.69) is 4.72 Å². The highest BCUT2D eigenvalue weighted by molar-refractivity contribution is 7.89. The number of sulfonamides is 1. The van der Waals surface area contributed by atoms with Crippen molar-refractivity contribution in [2.75, 3.05) is 6.61 Å². The van der Waals surface area contributed by atoms with E-state index >= 15 is 0 Å². The summed E-state index contributed by atoms with van der Waals surface area (Å²) >= 11 is 5.90. The van der Waals surface area contributed by atoms with Crippen LogP contribution in [-0.4, -0.2) is 27.0 Å². The van der Waals surface area contributed by atoms with Gasteiger partial charge in [-0.15, -0.1) is 0 Å². The number of nitrogens with one attached hydrogen (secondary N) is 1. The van der Waals surface area contributed by atoms with Crippen LogP contribution in [0.2, 0.25) is 5.02 Å². The van der Waals surface area contributed by atoms with E-state index in [9.17, 15) is 18.3 Å². The molecule has 6 nitrogen and oxygen atoms in total. The van der Waals surface area contributed by atoms with Gasteiger partial charge in [0.2, 0.25) is 10.0 Å². The average molecular weight is 333 g/mol. The second-order valence-electron chi connectivity index (χ2n) is 4.86. The fraction of sp³-hybridized carbons (Fsp3) is 0.462. The molecule has 0 amide bonds. The van der Waals surface area contributed by atoms with Crippen molar-refractivity contribution in [3.05, 3.63) is 23.2 Å². The fourth-order valence-corrected chi connectivity index (χ4v) is 3.86. The number of hydrogen-bond acceptors (Lipinski definition) is 5. The van der Waals surface area contributed by atoms with Gasteiger partial charge in [0, 0.05) is 6.04 Å². The average Bonchev–Trinajstić information content (AvgIpc) is 2.89. The van der Waals surface area contributed by atoms with E-state index in [0.29, 0.717) is 0 Å². The molecule has 2 rings (SSSR count). The molecule has 1 aromatic carbocycles. The lowest BCUT2D eigenvalue weighted by atomic mass is 10.3. The van der Waals surface area contributed by atoms with Gasteiger partial charge >= 0.3 is 0 Å². The molecule has 1 aliphatic rings. The zero-order valence-corrected chi connectivity index (χ0v) is 12.7. The molecule has 0 aromatic heterocycles. The van der Waals surface area contributed by atoms with Crippen molar-refractivity contribution in [1.29, 1.82) is 0 Å². The molecular weight excluding hydrogens is 318 g/mol. The van der Waals surface area contributed by atoms with Gasteiger partial charge in [-0.1, -0.05) is 24.4 Å². The molecule has 0 atom stereocenters. The Morgan fingerprint density at radius 3 is 2.62 bits per heavy atom. The summed E-state index contributed by atoms with van der Waals surface area (Å²) < 4.78 is 31.9. The second kappa shape index (κ2) is 6.64. The lowest BCUT2D eigenvalue weighted by Gasteiger charge is -2.14. The van der Waals surface area contributed by atoms with E-state index in [-0.39, 0.29) is 21.7 Å². The Kier molecular flexibility index (Phi) is 5.08. The smallest absolute Gasteiger partial charge is 0.240 e. The molecule has 8 heteroatoms. The van der Waals surface area contributed by atoms with Gasteiger partial charge in [0.05, 0.1) is 15.9 Å². The summed E-state index contributed by atoms with van der Waals surface area (Å²) in [4.78, 5) is 10.3. The number of carbonyl (C=O) groups is 1. The maximum Gasteiger partial charge on any atom is 0.240 e. The van der Waals surface area contributed by atoms with Crippen LogP contribution in [0.15, 0.2) is 23.1 Å².